The molecule has 0 radical (unpaired) electrons. The molecular formula is C13H15N3O4. The quantitative estimate of drug-likeness (QED) is 0.876. The molecule has 2 aromatic rings. The molecule has 7 heteroatoms. The van der Waals surface area contributed by atoms with E-state index in [1.807, 2.05) is 0 Å². The van der Waals surface area contributed by atoms with Crippen LogP contribution in [0.3, 0.4) is 0 Å². The van der Waals surface area contributed by atoms with Crippen LogP contribution < -0.4 is 10.9 Å². The van der Waals surface area contributed by atoms with Crippen molar-refractivity contribution in [2.24, 2.45) is 7.05 Å². The lowest BCUT2D eigenvalue weighted by Gasteiger charge is -2.07. The van der Waals surface area contributed by atoms with E-state index in [1.165, 1.54) is 20.2 Å². The summed E-state index contributed by atoms with van der Waals surface area (Å²) in [6, 6.07) is 4.75. The van der Waals surface area contributed by atoms with Gasteiger partial charge in [-0.2, -0.15) is 4.68 Å². The molecule has 1 N–H and O–H groups in total. The summed E-state index contributed by atoms with van der Waals surface area (Å²) in [4.78, 5) is 36.0. The molecule has 0 aliphatic heterocycles. The lowest BCUT2D eigenvalue weighted by Crippen LogP contribution is -2.26. The Balaban J connectivity index is 2.81. The van der Waals surface area contributed by atoms with Crippen LogP contribution in [-0.4, -0.2) is 35.0 Å². The highest BCUT2D eigenvalue weighted by Gasteiger charge is 2.21. The van der Waals surface area contributed by atoms with E-state index in [0.717, 1.165) is 9.36 Å². The summed E-state index contributed by atoms with van der Waals surface area (Å²) in [6.45, 7) is 1.87. The van der Waals surface area contributed by atoms with Gasteiger partial charge in [0.1, 0.15) is 0 Å². The summed E-state index contributed by atoms with van der Waals surface area (Å²) >= 11 is 0. The molecule has 1 aromatic heterocycles. The van der Waals surface area contributed by atoms with Gasteiger partial charge in [0.05, 0.1) is 23.1 Å². The highest BCUT2D eigenvalue weighted by Crippen LogP contribution is 2.16. The molecule has 0 fully saturated rings. The van der Waals surface area contributed by atoms with Gasteiger partial charge in [0.25, 0.3) is 11.5 Å². The van der Waals surface area contributed by atoms with Crippen molar-refractivity contribution in [1.29, 1.82) is 0 Å². The first-order valence-corrected chi connectivity index (χ1v) is 6.12. The minimum absolute atomic E-state index is 0.196. The second-order valence-corrected chi connectivity index (χ2v) is 4.12. The van der Waals surface area contributed by atoms with Gasteiger partial charge in [0.2, 0.25) is 0 Å². The number of benzene rings is 1. The van der Waals surface area contributed by atoms with E-state index in [9.17, 15) is 14.4 Å². The minimum atomic E-state index is -0.656. The molecule has 1 aromatic carbocycles. The Hall–Kier alpha value is -2.57. The van der Waals surface area contributed by atoms with Gasteiger partial charge in [0.15, 0.2) is 0 Å². The van der Waals surface area contributed by atoms with E-state index in [1.54, 1.807) is 19.1 Å². The number of hydrogen-bond acceptors (Lipinski definition) is 4. The third kappa shape index (κ3) is 1.97. The Morgan fingerprint density at radius 1 is 1.35 bits per heavy atom. The summed E-state index contributed by atoms with van der Waals surface area (Å²) in [5.41, 5.74) is 0.151. The molecule has 0 unspecified atom stereocenters. The average Bonchev–Trinajstić information content (AvgIpc) is 2.70. The Bertz CT molecular complexity index is 742. The minimum Gasteiger partial charge on any atom is -0.448 e. The van der Waals surface area contributed by atoms with Crippen molar-refractivity contribution in [3.05, 3.63) is 34.1 Å². The molecule has 2 rings (SSSR count). The number of amides is 1. The number of rotatable bonds is 2. The molecule has 106 valence electrons. The lowest BCUT2D eigenvalue weighted by atomic mass is 10.1. The second kappa shape index (κ2) is 5.20. The smallest absolute Gasteiger partial charge is 0.433 e. The summed E-state index contributed by atoms with van der Waals surface area (Å²) < 4.78 is 7.17. The lowest BCUT2D eigenvalue weighted by molar-refractivity contribution is 0.0964. The number of carbonyl (C=O) groups excluding carboxylic acids is 2. The van der Waals surface area contributed by atoms with E-state index in [0.29, 0.717) is 5.52 Å². The van der Waals surface area contributed by atoms with Gasteiger partial charge in [-0.1, -0.05) is 6.07 Å². The summed E-state index contributed by atoms with van der Waals surface area (Å²) in [6.07, 6.45) is -0.656. The number of hydrogen-bond donors (Lipinski definition) is 1. The third-order valence-corrected chi connectivity index (χ3v) is 2.99. The zero-order chi connectivity index (χ0) is 14.9. The van der Waals surface area contributed by atoms with Gasteiger partial charge in [0, 0.05) is 14.1 Å². The van der Waals surface area contributed by atoms with Crippen molar-refractivity contribution in [3.8, 4) is 0 Å². The Morgan fingerprint density at radius 3 is 2.65 bits per heavy atom. The molecule has 7 nitrogen and oxygen atoms in total. The van der Waals surface area contributed by atoms with Crippen LogP contribution >= 0.6 is 0 Å². The van der Waals surface area contributed by atoms with Gasteiger partial charge in [-0.15, -0.1) is 0 Å². The number of nitrogens with zero attached hydrogens (tertiary/aromatic N) is 2. The number of nitrogens with one attached hydrogen (secondary N) is 1. The van der Waals surface area contributed by atoms with E-state index >= 15 is 0 Å². The topological polar surface area (TPSA) is 82.3 Å². The molecule has 1 amide bonds. The molecule has 0 spiro atoms. The fourth-order valence-corrected chi connectivity index (χ4v) is 2.08. The average molecular weight is 277 g/mol. The van der Waals surface area contributed by atoms with Crippen LogP contribution in [0.25, 0.3) is 10.9 Å². The maximum atomic E-state index is 12.3. The number of aromatic nitrogens is 2. The van der Waals surface area contributed by atoms with Gasteiger partial charge in [-0.05, 0) is 19.1 Å². The molecule has 0 bridgehead atoms. The van der Waals surface area contributed by atoms with Gasteiger partial charge in [-0.3, -0.25) is 9.59 Å². The number of ether oxygens (including phenoxy) is 1. The molecule has 0 aliphatic carbocycles. The Labute approximate surface area is 114 Å². The van der Waals surface area contributed by atoms with Crippen LogP contribution in [0, 0.1) is 0 Å². The highest BCUT2D eigenvalue weighted by molar-refractivity contribution is 6.07. The van der Waals surface area contributed by atoms with Crippen molar-refractivity contribution in [3.63, 3.8) is 0 Å². The van der Waals surface area contributed by atoms with Crippen LogP contribution in [0.4, 0.5) is 4.79 Å². The number of fused-ring (bicyclic) bond motifs is 1. The third-order valence-electron chi connectivity index (χ3n) is 2.99. The standard InChI is InChI=1S/C13H15N3O4/c1-4-20-13(19)16-9-7-5-6-8(11(17)14-2)10(9)12(18)15(16)3/h5-7H,4H2,1-3H3,(H,14,17). The van der Waals surface area contributed by atoms with Crippen molar-refractivity contribution in [2.75, 3.05) is 13.7 Å². The summed E-state index contributed by atoms with van der Waals surface area (Å²) in [5, 5.41) is 2.67. The predicted octanol–water partition coefficient (Wildman–Crippen LogP) is 0.704. The Morgan fingerprint density at radius 2 is 2.05 bits per heavy atom. The molecule has 0 atom stereocenters. The van der Waals surface area contributed by atoms with Gasteiger partial charge < -0.3 is 10.1 Å². The second-order valence-electron chi connectivity index (χ2n) is 4.12. The van der Waals surface area contributed by atoms with E-state index in [4.69, 9.17) is 4.74 Å². The fraction of sp³-hybridized carbons (Fsp3) is 0.308. The maximum absolute atomic E-state index is 12.3. The largest absolute Gasteiger partial charge is 0.448 e. The monoisotopic (exact) mass is 277 g/mol. The zero-order valence-corrected chi connectivity index (χ0v) is 11.5. The van der Waals surface area contributed by atoms with Crippen LogP contribution in [-0.2, 0) is 11.8 Å². The SMILES string of the molecule is CCOC(=O)n1c2cccc(C(=O)NC)c2c(=O)n1C. The van der Waals surface area contributed by atoms with Crippen LogP contribution in [0.15, 0.2) is 23.0 Å². The first kappa shape index (κ1) is 13.9. The fourth-order valence-electron chi connectivity index (χ4n) is 2.08. The molecule has 20 heavy (non-hydrogen) atoms. The summed E-state index contributed by atoms with van der Waals surface area (Å²) in [7, 11) is 2.93. The normalized spacial score (nSPS) is 10.6. The van der Waals surface area contributed by atoms with Crippen molar-refractivity contribution in [1.82, 2.24) is 14.7 Å². The molecule has 0 aliphatic rings. The molecule has 1 heterocycles. The number of carbonyl (C=O) groups is 2. The van der Waals surface area contributed by atoms with Crippen molar-refractivity contribution < 1.29 is 14.3 Å². The van der Waals surface area contributed by atoms with Crippen LogP contribution in [0.2, 0.25) is 0 Å². The van der Waals surface area contributed by atoms with E-state index < -0.39 is 11.7 Å². The van der Waals surface area contributed by atoms with Crippen molar-refractivity contribution >= 4 is 22.9 Å². The first-order chi connectivity index (χ1) is 9.52. The summed E-state index contributed by atoms with van der Waals surface area (Å²) in [5.74, 6) is -0.380. The maximum Gasteiger partial charge on any atom is 0.433 e. The van der Waals surface area contributed by atoms with Gasteiger partial charge >= 0.3 is 6.09 Å². The molecule has 0 saturated heterocycles. The molecular weight excluding hydrogens is 262 g/mol. The predicted molar refractivity (Wildman–Crippen MR) is 73.0 cm³/mol. The molecule has 0 saturated carbocycles. The zero-order valence-electron chi connectivity index (χ0n) is 11.5. The van der Waals surface area contributed by atoms with E-state index in [-0.39, 0.29) is 23.5 Å². The van der Waals surface area contributed by atoms with E-state index in [2.05, 4.69) is 5.32 Å². The van der Waals surface area contributed by atoms with Crippen LogP contribution in [0.1, 0.15) is 17.3 Å². The Kier molecular flexibility index (Phi) is 3.60. The van der Waals surface area contributed by atoms with Crippen LogP contribution in [0.5, 0.6) is 0 Å². The highest BCUT2D eigenvalue weighted by atomic mass is 16.6. The van der Waals surface area contributed by atoms with Gasteiger partial charge in [-0.25, -0.2) is 9.48 Å². The van der Waals surface area contributed by atoms with Crippen molar-refractivity contribution in [2.45, 2.75) is 6.92 Å². The first-order valence-electron chi connectivity index (χ1n) is 6.12.